The van der Waals surface area contributed by atoms with Crippen LogP contribution in [0.2, 0.25) is 5.02 Å². The first-order valence-corrected chi connectivity index (χ1v) is 15.3. The standard InChI is InChI=1S/C27H22ClF2N3O5S2/c28-23-11-5-19(27(34)31-39(35,36)24-12-6-18-3-1-2-4-22(18)26(24)30)17-25(23)40(37,38)33-15-13-32(14-16-33)21-9-7-20(29)8-10-21/h1-12,17H,13-16H2,(H,31,34). The SMILES string of the molecule is O=C(NS(=O)(=O)c1ccc2ccccc2c1F)c1ccc(Cl)c(S(=O)(=O)N2CCN(c3ccc(F)cc3)CC2)c1. The molecule has 0 saturated carbocycles. The number of amides is 1. The number of carbonyl (C=O) groups excluding carboxylic acids is 1. The fraction of sp³-hybridized carbons (Fsp3) is 0.148. The summed E-state index contributed by atoms with van der Waals surface area (Å²) < 4.78 is 83.9. The Kier molecular flexibility index (Phi) is 7.53. The summed E-state index contributed by atoms with van der Waals surface area (Å²) in [4.78, 5) is 13.7. The topological polar surface area (TPSA) is 104 Å². The van der Waals surface area contributed by atoms with Gasteiger partial charge in [0.2, 0.25) is 10.0 Å². The number of hydrogen-bond acceptors (Lipinski definition) is 6. The van der Waals surface area contributed by atoms with Crippen molar-refractivity contribution in [2.45, 2.75) is 9.79 Å². The lowest BCUT2D eigenvalue weighted by Gasteiger charge is -2.35. The molecule has 1 saturated heterocycles. The predicted molar refractivity (Wildman–Crippen MR) is 147 cm³/mol. The van der Waals surface area contributed by atoms with Crippen LogP contribution in [-0.4, -0.2) is 53.2 Å². The maximum absolute atomic E-state index is 15.0. The van der Waals surface area contributed by atoms with Crippen LogP contribution in [0.3, 0.4) is 0 Å². The number of halogens is 3. The molecule has 0 aliphatic carbocycles. The molecular formula is C27H22ClF2N3O5S2. The lowest BCUT2D eigenvalue weighted by molar-refractivity contribution is 0.0981. The van der Waals surface area contributed by atoms with Crippen molar-refractivity contribution in [1.29, 1.82) is 0 Å². The number of benzene rings is 4. The molecule has 208 valence electrons. The van der Waals surface area contributed by atoms with Gasteiger partial charge in [-0.3, -0.25) is 4.79 Å². The van der Waals surface area contributed by atoms with Crippen molar-refractivity contribution >= 4 is 54.0 Å². The van der Waals surface area contributed by atoms with Gasteiger partial charge in [0.1, 0.15) is 15.6 Å². The van der Waals surface area contributed by atoms with Gasteiger partial charge in [-0.05, 0) is 53.9 Å². The summed E-state index contributed by atoms with van der Waals surface area (Å²) in [5, 5.41) is 0.398. The molecule has 8 nitrogen and oxygen atoms in total. The second-order valence-corrected chi connectivity index (χ2v) is 13.0. The Labute approximate surface area is 234 Å². The molecule has 0 spiro atoms. The third kappa shape index (κ3) is 5.39. The van der Waals surface area contributed by atoms with E-state index in [1.807, 2.05) is 9.62 Å². The monoisotopic (exact) mass is 605 g/mol. The Hall–Kier alpha value is -3.58. The van der Waals surface area contributed by atoms with Crippen molar-refractivity contribution in [1.82, 2.24) is 9.03 Å². The molecule has 1 N–H and O–H groups in total. The van der Waals surface area contributed by atoms with Crippen LogP contribution in [0.15, 0.2) is 88.7 Å². The lowest BCUT2D eigenvalue weighted by Crippen LogP contribution is -2.48. The Morgan fingerprint density at radius 2 is 1.48 bits per heavy atom. The minimum Gasteiger partial charge on any atom is -0.369 e. The van der Waals surface area contributed by atoms with Gasteiger partial charge < -0.3 is 4.90 Å². The van der Waals surface area contributed by atoms with E-state index >= 15 is 0 Å². The van der Waals surface area contributed by atoms with Gasteiger partial charge in [-0.25, -0.2) is 30.3 Å². The van der Waals surface area contributed by atoms with E-state index in [1.165, 1.54) is 40.7 Å². The van der Waals surface area contributed by atoms with Crippen molar-refractivity contribution in [2.24, 2.45) is 0 Å². The van der Waals surface area contributed by atoms with E-state index in [9.17, 15) is 30.4 Å². The maximum Gasteiger partial charge on any atom is 0.267 e. The number of carbonyl (C=O) groups is 1. The van der Waals surface area contributed by atoms with Crippen LogP contribution in [-0.2, 0) is 20.0 Å². The molecule has 13 heteroatoms. The van der Waals surface area contributed by atoms with Gasteiger partial charge in [0.25, 0.3) is 15.9 Å². The van der Waals surface area contributed by atoms with E-state index in [4.69, 9.17) is 11.6 Å². The molecule has 1 amide bonds. The fourth-order valence-corrected chi connectivity index (χ4v) is 7.46. The van der Waals surface area contributed by atoms with Crippen molar-refractivity contribution in [2.75, 3.05) is 31.1 Å². The van der Waals surface area contributed by atoms with Gasteiger partial charge in [-0.15, -0.1) is 0 Å². The molecule has 40 heavy (non-hydrogen) atoms. The van der Waals surface area contributed by atoms with Crippen LogP contribution in [0.4, 0.5) is 14.5 Å². The number of nitrogens with zero attached hydrogens (tertiary/aromatic N) is 2. The van der Waals surface area contributed by atoms with Crippen LogP contribution < -0.4 is 9.62 Å². The molecule has 5 rings (SSSR count). The number of anilines is 1. The number of nitrogens with one attached hydrogen (secondary N) is 1. The molecule has 4 aromatic carbocycles. The molecule has 1 aliphatic rings. The van der Waals surface area contributed by atoms with E-state index in [0.717, 1.165) is 17.8 Å². The normalized spacial score (nSPS) is 14.8. The minimum absolute atomic E-state index is 0.0669. The lowest BCUT2D eigenvalue weighted by atomic mass is 10.1. The Balaban J connectivity index is 1.35. The quantitative estimate of drug-likeness (QED) is 0.349. The van der Waals surface area contributed by atoms with E-state index in [-0.39, 0.29) is 39.8 Å². The van der Waals surface area contributed by atoms with E-state index < -0.39 is 36.7 Å². The second-order valence-electron chi connectivity index (χ2n) is 9.05. The van der Waals surface area contributed by atoms with Gasteiger partial charge in [0.15, 0.2) is 5.82 Å². The molecule has 0 radical (unpaired) electrons. The van der Waals surface area contributed by atoms with Crippen molar-refractivity contribution in [3.63, 3.8) is 0 Å². The van der Waals surface area contributed by atoms with Crippen LogP contribution in [0.25, 0.3) is 10.8 Å². The van der Waals surface area contributed by atoms with Crippen LogP contribution >= 0.6 is 11.6 Å². The van der Waals surface area contributed by atoms with Gasteiger partial charge >= 0.3 is 0 Å². The predicted octanol–water partition coefficient (Wildman–Crippen LogP) is 4.40. The first kappa shape index (κ1) is 28.0. The molecule has 0 unspecified atom stereocenters. The molecular weight excluding hydrogens is 584 g/mol. The fourth-order valence-electron chi connectivity index (χ4n) is 4.48. The van der Waals surface area contributed by atoms with Gasteiger partial charge in [-0.2, -0.15) is 4.31 Å². The highest BCUT2D eigenvalue weighted by atomic mass is 35.5. The van der Waals surface area contributed by atoms with Crippen LogP contribution in [0, 0.1) is 11.6 Å². The van der Waals surface area contributed by atoms with Crippen LogP contribution in [0.1, 0.15) is 10.4 Å². The smallest absolute Gasteiger partial charge is 0.267 e. The molecule has 0 bridgehead atoms. The van der Waals surface area contributed by atoms with E-state index in [1.54, 1.807) is 30.3 Å². The average Bonchev–Trinajstić information content (AvgIpc) is 2.93. The second kappa shape index (κ2) is 10.8. The number of rotatable bonds is 6. The zero-order valence-electron chi connectivity index (χ0n) is 20.7. The summed E-state index contributed by atoms with van der Waals surface area (Å²) in [5.41, 5.74) is 0.455. The summed E-state index contributed by atoms with van der Waals surface area (Å²) >= 11 is 6.20. The summed E-state index contributed by atoms with van der Waals surface area (Å²) in [7, 11) is -8.80. The molecule has 0 aromatic heterocycles. The number of hydrogen-bond donors (Lipinski definition) is 1. The number of sulfonamides is 2. The van der Waals surface area contributed by atoms with E-state index in [0.29, 0.717) is 18.5 Å². The summed E-state index contributed by atoms with van der Waals surface area (Å²) in [6.07, 6.45) is 0. The number of fused-ring (bicyclic) bond motifs is 1. The largest absolute Gasteiger partial charge is 0.369 e. The maximum atomic E-state index is 15.0. The highest BCUT2D eigenvalue weighted by molar-refractivity contribution is 7.90. The summed E-state index contributed by atoms with van der Waals surface area (Å²) in [6.45, 7) is 0.862. The average molecular weight is 606 g/mol. The van der Waals surface area contributed by atoms with Gasteiger partial charge in [0.05, 0.1) is 5.02 Å². The Bertz CT molecular complexity index is 1830. The van der Waals surface area contributed by atoms with Gasteiger partial charge in [-0.1, -0.05) is 41.9 Å². The summed E-state index contributed by atoms with van der Waals surface area (Å²) in [5.74, 6) is -2.54. The molecule has 4 aromatic rings. The zero-order chi connectivity index (χ0) is 28.7. The van der Waals surface area contributed by atoms with Gasteiger partial charge in [0, 0.05) is 42.8 Å². The highest BCUT2D eigenvalue weighted by Gasteiger charge is 2.32. The Morgan fingerprint density at radius 1 is 0.800 bits per heavy atom. The number of piperazine rings is 1. The van der Waals surface area contributed by atoms with E-state index in [2.05, 4.69) is 0 Å². The highest BCUT2D eigenvalue weighted by Crippen LogP contribution is 2.29. The van der Waals surface area contributed by atoms with Crippen LogP contribution in [0.5, 0.6) is 0 Å². The molecule has 1 fully saturated rings. The van der Waals surface area contributed by atoms with Crippen molar-refractivity contribution < 1.29 is 30.4 Å². The third-order valence-corrected chi connectivity index (χ3v) is 10.3. The van der Waals surface area contributed by atoms with Crippen molar-refractivity contribution in [3.05, 3.63) is 101 Å². The molecule has 1 aliphatic heterocycles. The first-order chi connectivity index (χ1) is 19.0. The zero-order valence-corrected chi connectivity index (χ0v) is 23.1. The third-order valence-electron chi connectivity index (χ3n) is 6.59. The molecule has 1 heterocycles. The van der Waals surface area contributed by atoms with Crippen molar-refractivity contribution in [3.8, 4) is 0 Å². The first-order valence-electron chi connectivity index (χ1n) is 12.0. The summed E-state index contributed by atoms with van der Waals surface area (Å²) in [6, 6.07) is 17.9. The minimum atomic E-state index is -4.64. The molecule has 0 atom stereocenters. The Morgan fingerprint density at radius 3 is 2.17 bits per heavy atom.